The molecule has 1 aromatic carbocycles. The molecule has 0 radical (unpaired) electrons. The summed E-state index contributed by atoms with van der Waals surface area (Å²) in [4.78, 5) is 14.8. The Morgan fingerprint density at radius 1 is 1.33 bits per heavy atom. The molecule has 1 amide bonds. The molecule has 0 aromatic heterocycles. The summed E-state index contributed by atoms with van der Waals surface area (Å²) in [7, 11) is 0. The van der Waals surface area contributed by atoms with Crippen LogP contribution in [0.25, 0.3) is 0 Å². The minimum atomic E-state index is -0.180. The van der Waals surface area contributed by atoms with Gasteiger partial charge in [0.25, 0.3) is 0 Å². The Morgan fingerprint density at radius 2 is 2.05 bits per heavy atom. The van der Waals surface area contributed by atoms with E-state index >= 15 is 0 Å². The van der Waals surface area contributed by atoms with Crippen molar-refractivity contribution in [2.75, 3.05) is 19.8 Å². The van der Waals surface area contributed by atoms with Gasteiger partial charge in [-0.15, -0.1) is 0 Å². The van der Waals surface area contributed by atoms with Crippen LogP contribution in [-0.2, 0) is 9.53 Å². The van der Waals surface area contributed by atoms with Gasteiger partial charge in [-0.2, -0.15) is 0 Å². The first-order valence-electron chi connectivity index (χ1n) is 8.01. The Hall–Kier alpha value is -1.35. The number of rotatable bonds is 4. The SMILES string of the molecule is CC1(C)COCCN1C(=O)CC(c1ccccc1)C1CC1. The number of morpholine rings is 1. The summed E-state index contributed by atoms with van der Waals surface area (Å²) in [6.07, 6.45) is 3.16. The molecule has 0 bridgehead atoms. The second kappa shape index (κ2) is 5.80. The van der Waals surface area contributed by atoms with E-state index in [9.17, 15) is 4.79 Å². The highest BCUT2D eigenvalue weighted by molar-refractivity contribution is 5.78. The van der Waals surface area contributed by atoms with E-state index in [-0.39, 0.29) is 11.4 Å². The lowest BCUT2D eigenvalue weighted by atomic mass is 9.89. The van der Waals surface area contributed by atoms with Crippen LogP contribution >= 0.6 is 0 Å². The van der Waals surface area contributed by atoms with E-state index in [1.54, 1.807) is 0 Å². The lowest BCUT2D eigenvalue weighted by molar-refractivity contribution is -0.146. The lowest BCUT2D eigenvalue weighted by Gasteiger charge is -2.42. The van der Waals surface area contributed by atoms with Gasteiger partial charge in [0.15, 0.2) is 0 Å². The molecule has 1 aliphatic carbocycles. The van der Waals surface area contributed by atoms with Crippen molar-refractivity contribution in [1.29, 1.82) is 0 Å². The summed E-state index contributed by atoms with van der Waals surface area (Å²) >= 11 is 0. The van der Waals surface area contributed by atoms with Crippen LogP contribution in [0.5, 0.6) is 0 Å². The third kappa shape index (κ3) is 3.29. The van der Waals surface area contributed by atoms with E-state index in [1.165, 1.54) is 18.4 Å². The monoisotopic (exact) mass is 287 g/mol. The van der Waals surface area contributed by atoms with Crippen LogP contribution in [0, 0.1) is 5.92 Å². The van der Waals surface area contributed by atoms with Crippen LogP contribution < -0.4 is 0 Å². The van der Waals surface area contributed by atoms with E-state index in [2.05, 4.69) is 38.1 Å². The highest BCUT2D eigenvalue weighted by Crippen LogP contribution is 2.45. The molecule has 2 aliphatic rings. The third-order valence-corrected chi connectivity index (χ3v) is 4.76. The molecular formula is C18H25NO2. The highest BCUT2D eigenvalue weighted by Gasteiger charge is 2.38. The van der Waals surface area contributed by atoms with Crippen molar-refractivity contribution in [3.8, 4) is 0 Å². The first-order chi connectivity index (χ1) is 10.1. The third-order valence-electron chi connectivity index (χ3n) is 4.76. The Labute approximate surface area is 127 Å². The molecule has 3 rings (SSSR count). The van der Waals surface area contributed by atoms with Gasteiger partial charge in [-0.3, -0.25) is 4.79 Å². The Bertz CT molecular complexity index is 493. The quantitative estimate of drug-likeness (QED) is 0.851. The Kier molecular flexibility index (Phi) is 4.03. The molecule has 3 nitrogen and oxygen atoms in total. The molecule has 0 spiro atoms. The van der Waals surface area contributed by atoms with Crippen LogP contribution in [0.4, 0.5) is 0 Å². The number of carbonyl (C=O) groups excluding carboxylic acids is 1. The highest BCUT2D eigenvalue weighted by atomic mass is 16.5. The van der Waals surface area contributed by atoms with Gasteiger partial charge in [0.2, 0.25) is 5.91 Å². The first kappa shape index (κ1) is 14.6. The first-order valence-corrected chi connectivity index (χ1v) is 8.01. The summed E-state index contributed by atoms with van der Waals surface area (Å²) in [6, 6.07) is 10.5. The molecule has 1 atom stereocenters. The van der Waals surface area contributed by atoms with Gasteiger partial charge in [0.05, 0.1) is 18.8 Å². The fraction of sp³-hybridized carbons (Fsp3) is 0.611. The predicted molar refractivity (Wildman–Crippen MR) is 83.1 cm³/mol. The van der Waals surface area contributed by atoms with E-state index in [0.29, 0.717) is 31.5 Å². The number of benzene rings is 1. The molecule has 1 unspecified atom stereocenters. The van der Waals surface area contributed by atoms with Crippen molar-refractivity contribution < 1.29 is 9.53 Å². The maximum Gasteiger partial charge on any atom is 0.223 e. The van der Waals surface area contributed by atoms with Gasteiger partial charge in [-0.1, -0.05) is 30.3 Å². The lowest BCUT2D eigenvalue weighted by Crippen LogP contribution is -2.55. The van der Waals surface area contributed by atoms with Gasteiger partial charge in [-0.25, -0.2) is 0 Å². The van der Waals surface area contributed by atoms with Crippen molar-refractivity contribution in [1.82, 2.24) is 4.90 Å². The van der Waals surface area contributed by atoms with Gasteiger partial charge >= 0.3 is 0 Å². The van der Waals surface area contributed by atoms with Crippen LogP contribution in [0.1, 0.15) is 44.6 Å². The summed E-state index contributed by atoms with van der Waals surface area (Å²) in [5, 5.41) is 0. The minimum absolute atomic E-state index is 0.180. The standard InChI is InChI=1S/C18H25NO2/c1-18(2)13-21-11-10-19(18)17(20)12-16(15-8-9-15)14-6-4-3-5-7-14/h3-7,15-16H,8-13H2,1-2H3. The van der Waals surface area contributed by atoms with E-state index in [0.717, 1.165) is 6.54 Å². The Morgan fingerprint density at radius 3 is 2.67 bits per heavy atom. The van der Waals surface area contributed by atoms with Crippen molar-refractivity contribution in [2.24, 2.45) is 5.92 Å². The summed E-state index contributed by atoms with van der Waals surface area (Å²) in [5.41, 5.74) is 1.14. The van der Waals surface area contributed by atoms with Crippen LogP contribution in [-0.4, -0.2) is 36.1 Å². The van der Waals surface area contributed by atoms with Gasteiger partial charge < -0.3 is 9.64 Å². The van der Waals surface area contributed by atoms with Crippen molar-refractivity contribution in [3.05, 3.63) is 35.9 Å². The normalized spacial score (nSPS) is 22.9. The van der Waals surface area contributed by atoms with E-state index < -0.39 is 0 Å². The molecule has 3 heteroatoms. The molecule has 114 valence electrons. The van der Waals surface area contributed by atoms with Crippen molar-refractivity contribution in [2.45, 2.75) is 44.6 Å². The second-order valence-corrected chi connectivity index (χ2v) is 6.97. The zero-order valence-electron chi connectivity index (χ0n) is 13.0. The minimum Gasteiger partial charge on any atom is -0.377 e. The molecule has 1 aliphatic heterocycles. The summed E-state index contributed by atoms with van der Waals surface area (Å²) in [5.74, 6) is 1.36. The van der Waals surface area contributed by atoms with Crippen molar-refractivity contribution >= 4 is 5.91 Å². The van der Waals surface area contributed by atoms with Gasteiger partial charge in [0, 0.05) is 13.0 Å². The molecule has 1 aromatic rings. The van der Waals surface area contributed by atoms with Crippen LogP contribution in [0.15, 0.2) is 30.3 Å². The summed E-state index contributed by atoms with van der Waals surface area (Å²) < 4.78 is 5.52. The number of carbonyl (C=O) groups is 1. The average molecular weight is 287 g/mol. The second-order valence-electron chi connectivity index (χ2n) is 6.97. The van der Waals surface area contributed by atoms with Gasteiger partial charge in [-0.05, 0) is 44.1 Å². The maximum absolute atomic E-state index is 12.8. The number of amides is 1. The smallest absolute Gasteiger partial charge is 0.223 e. The molecule has 1 saturated heterocycles. The average Bonchev–Trinajstić information content (AvgIpc) is 3.29. The number of nitrogens with zero attached hydrogens (tertiary/aromatic N) is 1. The molecule has 1 heterocycles. The predicted octanol–water partition coefficient (Wildman–Crippen LogP) is 3.21. The topological polar surface area (TPSA) is 29.5 Å². The van der Waals surface area contributed by atoms with E-state index in [1.807, 2.05) is 11.0 Å². The molecule has 1 saturated carbocycles. The fourth-order valence-electron chi connectivity index (χ4n) is 3.37. The number of hydrogen-bond donors (Lipinski definition) is 0. The molecule has 21 heavy (non-hydrogen) atoms. The molecule has 2 fully saturated rings. The Balaban J connectivity index is 1.72. The van der Waals surface area contributed by atoms with Crippen LogP contribution in [0.3, 0.4) is 0 Å². The van der Waals surface area contributed by atoms with E-state index in [4.69, 9.17) is 4.74 Å². The largest absolute Gasteiger partial charge is 0.377 e. The zero-order valence-corrected chi connectivity index (χ0v) is 13.0. The summed E-state index contributed by atoms with van der Waals surface area (Å²) in [6.45, 7) is 6.21. The molecular weight excluding hydrogens is 262 g/mol. The maximum atomic E-state index is 12.8. The van der Waals surface area contributed by atoms with Gasteiger partial charge in [0.1, 0.15) is 0 Å². The number of hydrogen-bond acceptors (Lipinski definition) is 2. The zero-order chi connectivity index (χ0) is 14.9. The van der Waals surface area contributed by atoms with Crippen molar-refractivity contribution in [3.63, 3.8) is 0 Å². The fourth-order valence-corrected chi connectivity index (χ4v) is 3.37. The number of ether oxygens (including phenoxy) is 1. The van der Waals surface area contributed by atoms with Crippen LogP contribution in [0.2, 0.25) is 0 Å². The molecule has 0 N–H and O–H groups in total.